The van der Waals surface area contributed by atoms with Gasteiger partial charge in [0.25, 0.3) is 0 Å². The van der Waals surface area contributed by atoms with Gasteiger partial charge in [0.1, 0.15) is 11.5 Å². The van der Waals surface area contributed by atoms with Crippen LogP contribution in [0.15, 0.2) is 18.2 Å². The van der Waals surface area contributed by atoms with Crippen molar-refractivity contribution in [3.05, 3.63) is 23.8 Å². The first-order chi connectivity index (χ1) is 11.1. The second kappa shape index (κ2) is 10.9. The van der Waals surface area contributed by atoms with Crippen LogP contribution in [0.1, 0.15) is 51.0 Å². The molecule has 1 aromatic rings. The summed E-state index contributed by atoms with van der Waals surface area (Å²) in [5, 5.41) is 31.4. The zero-order valence-electron chi connectivity index (χ0n) is 13.9. The van der Waals surface area contributed by atoms with Crippen LogP contribution in [0, 0.1) is 5.92 Å². The molecule has 0 radical (unpaired) electrons. The summed E-state index contributed by atoms with van der Waals surface area (Å²) in [6.07, 6.45) is 6.36. The molecule has 1 aromatic carbocycles. The fourth-order valence-corrected chi connectivity index (χ4v) is 2.53. The lowest BCUT2D eigenvalue weighted by Gasteiger charge is -2.15. The van der Waals surface area contributed by atoms with E-state index in [1.807, 2.05) is 0 Å². The molecule has 0 aliphatic rings. The van der Waals surface area contributed by atoms with E-state index in [0.717, 1.165) is 12.8 Å². The van der Waals surface area contributed by atoms with E-state index >= 15 is 0 Å². The van der Waals surface area contributed by atoms with Crippen molar-refractivity contribution in [3.8, 4) is 11.5 Å². The van der Waals surface area contributed by atoms with E-state index in [4.69, 9.17) is 0 Å². The molecule has 23 heavy (non-hydrogen) atoms. The molecule has 5 heteroatoms. The molecule has 0 saturated carbocycles. The summed E-state index contributed by atoms with van der Waals surface area (Å²) in [5.41, 5.74) is 0.620. The minimum atomic E-state index is -0.245. The van der Waals surface area contributed by atoms with Gasteiger partial charge >= 0.3 is 0 Å². The van der Waals surface area contributed by atoms with Gasteiger partial charge in [-0.1, -0.05) is 38.7 Å². The molecule has 0 fully saturated rings. The monoisotopic (exact) mass is 323 g/mol. The van der Waals surface area contributed by atoms with Gasteiger partial charge < -0.3 is 20.6 Å². The van der Waals surface area contributed by atoms with E-state index in [9.17, 15) is 20.1 Å². The molecule has 5 nitrogen and oxygen atoms in total. The number of unbranched alkanes of at least 4 members (excludes halogenated alkanes) is 4. The lowest BCUT2D eigenvalue weighted by Crippen LogP contribution is -2.28. The summed E-state index contributed by atoms with van der Waals surface area (Å²) < 4.78 is 0. The van der Waals surface area contributed by atoms with Gasteiger partial charge in [-0.2, -0.15) is 0 Å². The zero-order chi connectivity index (χ0) is 17.1. The fraction of sp³-hybridized carbons (Fsp3) is 0.611. The largest absolute Gasteiger partial charge is 0.508 e. The lowest BCUT2D eigenvalue weighted by molar-refractivity contribution is -0.122. The summed E-state index contributed by atoms with van der Waals surface area (Å²) in [6.45, 7) is 2.72. The Kier molecular flexibility index (Phi) is 9.14. The summed E-state index contributed by atoms with van der Waals surface area (Å²) in [4.78, 5) is 11.9. The smallest absolute Gasteiger partial charge is 0.220 e. The molecule has 0 saturated heterocycles. The molecule has 0 spiro atoms. The molecule has 4 N–H and O–H groups in total. The van der Waals surface area contributed by atoms with Crippen LogP contribution in [0.4, 0.5) is 0 Å². The highest BCUT2D eigenvalue weighted by Crippen LogP contribution is 2.25. The predicted molar refractivity (Wildman–Crippen MR) is 90.4 cm³/mol. The molecule has 1 rings (SSSR count). The third-order valence-electron chi connectivity index (χ3n) is 3.91. The number of phenols is 2. The minimum absolute atomic E-state index is 0.00684. The molecule has 0 aromatic heterocycles. The van der Waals surface area contributed by atoms with Crippen molar-refractivity contribution in [1.29, 1.82) is 0 Å². The van der Waals surface area contributed by atoms with Crippen LogP contribution in [0.5, 0.6) is 11.5 Å². The predicted octanol–water partition coefficient (Wildman–Crippen LogP) is 2.73. The van der Waals surface area contributed by atoms with Crippen LogP contribution in [-0.4, -0.2) is 34.4 Å². The third kappa shape index (κ3) is 7.88. The number of carbonyl (C=O) groups excluding carboxylic acids is 1. The number of rotatable bonds is 11. The average molecular weight is 323 g/mol. The maximum absolute atomic E-state index is 11.9. The molecule has 0 aliphatic carbocycles. The number of amides is 1. The van der Waals surface area contributed by atoms with E-state index in [0.29, 0.717) is 18.5 Å². The van der Waals surface area contributed by atoms with Gasteiger partial charge in [-0.25, -0.2) is 0 Å². The highest BCUT2D eigenvalue weighted by molar-refractivity contribution is 5.76. The summed E-state index contributed by atoms with van der Waals surface area (Å²) >= 11 is 0. The van der Waals surface area contributed by atoms with Gasteiger partial charge in [0, 0.05) is 25.6 Å². The lowest BCUT2D eigenvalue weighted by atomic mass is 9.96. The molecule has 1 unspecified atom stereocenters. The first-order valence-corrected chi connectivity index (χ1v) is 8.45. The van der Waals surface area contributed by atoms with Crippen LogP contribution in [0.2, 0.25) is 0 Å². The van der Waals surface area contributed by atoms with Crippen LogP contribution >= 0.6 is 0 Å². The van der Waals surface area contributed by atoms with E-state index in [-0.39, 0.29) is 36.4 Å². The number of carbonyl (C=O) groups is 1. The average Bonchev–Trinajstić information content (AvgIpc) is 2.52. The van der Waals surface area contributed by atoms with Gasteiger partial charge in [0.15, 0.2) is 0 Å². The van der Waals surface area contributed by atoms with E-state index in [1.54, 1.807) is 6.07 Å². The Balaban J connectivity index is 2.33. The number of aliphatic hydroxyl groups excluding tert-OH is 1. The van der Waals surface area contributed by atoms with Crippen molar-refractivity contribution in [3.63, 3.8) is 0 Å². The number of hydrogen-bond donors (Lipinski definition) is 4. The topological polar surface area (TPSA) is 89.8 Å². The third-order valence-corrected chi connectivity index (χ3v) is 3.91. The Hall–Kier alpha value is -1.75. The normalized spacial score (nSPS) is 12.1. The maximum atomic E-state index is 11.9. The Morgan fingerprint density at radius 3 is 2.57 bits per heavy atom. The quantitative estimate of drug-likeness (QED) is 0.471. The minimum Gasteiger partial charge on any atom is -0.508 e. The number of hydrogen-bond acceptors (Lipinski definition) is 4. The molecule has 0 heterocycles. The number of phenolic OH excluding ortho intramolecular Hbond substituents is 2. The Morgan fingerprint density at radius 2 is 1.91 bits per heavy atom. The van der Waals surface area contributed by atoms with E-state index in [2.05, 4.69) is 12.2 Å². The van der Waals surface area contributed by atoms with Crippen molar-refractivity contribution < 1.29 is 20.1 Å². The van der Waals surface area contributed by atoms with Crippen LogP contribution in [-0.2, 0) is 11.2 Å². The van der Waals surface area contributed by atoms with Gasteiger partial charge in [0.2, 0.25) is 5.91 Å². The molecule has 1 atom stereocenters. The molecule has 0 bridgehead atoms. The highest BCUT2D eigenvalue weighted by atomic mass is 16.3. The van der Waals surface area contributed by atoms with Gasteiger partial charge in [-0.05, 0) is 30.4 Å². The van der Waals surface area contributed by atoms with Crippen LogP contribution in [0.3, 0.4) is 0 Å². The molecule has 130 valence electrons. The first-order valence-electron chi connectivity index (χ1n) is 8.45. The number of nitrogens with one attached hydrogen (secondary N) is 1. The van der Waals surface area contributed by atoms with E-state index < -0.39 is 0 Å². The maximum Gasteiger partial charge on any atom is 0.220 e. The second-order valence-electron chi connectivity index (χ2n) is 6.03. The van der Waals surface area contributed by atoms with Crippen LogP contribution < -0.4 is 5.32 Å². The molecular formula is C18H29NO4. The fourth-order valence-electron chi connectivity index (χ4n) is 2.53. The Morgan fingerprint density at radius 1 is 1.17 bits per heavy atom. The number of aromatic hydroxyl groups is 2. The summed E-state index contributed by atoms with van der Waals surface area (Å²) in [6, 6.07) is 4.36. The molecule has 0 aliphatic heterocycles. The van der Waals surface area contributed by atoms with Crippen molar-refractivity contribution in [1.82, 2.24) is 5.32 Å². The summed E-state index contributed by atoms with van der Waals surface area (Å²) in [7, 11) is 0. The highest BCUT2D eigenvalue weighted by Gasteiger charge is 2.15. The van der Waals surface area contributed by atoms with Crippen molar-refractivity contribution in [2.45, 2.75) is 51.9 Å². The SMILES string of the molecule is CCCCCCCNC(=O)CC(CO)Cc1ccc(O)cc1O. The molecular weight excluding hydrogens is 294 g/mol. The second-order valence-corrected chi connectivity index (χ2v) is 6.03. The first kappa shape index (κ1) is 19.3. The summed E-state index contributed by atoms with van der Waals surface area (Å²) in [5.74, 6) is -0.337. The van der Waals surface area contributed by atoms with Crippen molar-refractivity contribution >= 4 is 5.91 Å². The zero-order valence-corrected chi connectivity index (χ0v) is 13.9. The van der Waals surface area contributed by atoms with E-state index in [1.165, 1.54) is 31.4 Å². The van der Waals surface area contributed by atoms with Gasteiger partial charge in [0.05, 0.1) is 0 Å². The standard InChI is InChI=1S/C18H29NO4/c1-2-3-4-5-6-9-19-18(23)11-14(13-20)10-15-7-8-16(21)12-17(15)22/h7-8,12,14,20-22H,2-6,9-11,13H2,1H3,(H,19,23). The Labute approximate surface area is 138 Å². The number of benzene rings is 1. The van der Waals surface area contributed by atoms with Gasteiger partial charge in [-0.15, -0.1) is 0 Å². The van der Waals surface area contributed by atoms with Crippen molar-refractivity contribution in [2.75, 3.05) is 13.2 Å². The van der Waals surface area contributed by atoms with Crippen molar-refractivity contribution in [2.24, 2.45) is 5.92 Å². The molecule has 1 amide bonds. The van der Waals surface area contributed by atoms with Gasteiger partial charge in [-0.3, -0.25) is 4.79 Å². The van der Waals surface area contributed by atoms with Crippen LogP contribution in [0.25, 0.3) is 0 Å². The Bertz CT molecular complexity index is 476. The number of aliphatic hydroxyl groups is 1.